The van der Waals surface area contributed by atoms with Crippen molar-refractivity contribution >= 4 is 28.6 Å². The summed E-state index contributed by atoms with van der Waals surface area (Å²) in [5, 5.41) is 8.56. The molecule has 0 aliphatic carbocycles. The number of unbranched alkanes of at least 4 members (excludes halogenated alkanes) is 1. The average molecular weight is 363 g/mol. The lowest BCUT2D eigenvalue weighted by molar-refractivity contribution is -0.137. The maximum atomic E-state index is 10.4. The van der Waals surface area contributed by atoms with E-state index in [0.717, 1.165) is 27.7 Å². The fraction of sp³-hybridized carbons (Fsp3) is 0.462. The number of hydrogen-bond acceptors (Lipinski definition) is 3. The van der Waals surface area contributed by atoms with Crippen molar-refractivity contribution in [2.45, 2.75) is 31.7 Å². The van der Waals surface area contributed by atoms with Crippen molar-refractivity contribution in [2.75, 3.05) is 7.11 Å². The molecule has 1 atom stereocenters. The molecule has 1 unspecified atom stereocenters. The lowest BCUT2D eigenvalue weighted by Gasteiger charge is -2.16. The van der Waals surface area contributed by atoms with E-state index in [1.807, 2.05) is 18.2 Å². The zero-order valence-electron chi connectivity index (χ0n) is 10.4. The number of benzene rings is 1. The molecule has 0 heterocycles. The van der Waals surface area contributed by atoms with Gasteiger partial charge in [0.1, 0.15) is 5.75 Å². The number of rotatable bonds is 7. The first-order valence-corrected chi connectivity index (χ1v) is 6.93. The van der Waals surface area contributed by atoms with Gasteiger partial charge in [-0.3, -0.25) is 4.79 Å². The van der Waals surface area contributed by atoms with E-state index in [4.69, 9.17) is 15.6 Å². The van der Waals surface area contributed by atoms with Gasteiger partial charge in [0, 0.05) is 21.6 Å². The number of carboxylic acids is 1. The first-order chi connectivity index (χ1) is 8.54. The summed E-state index contributed by atoms with van der Waals surface area (Å²) in [6.45, 7) is 0. The van der Waals surface area contributed by atoms with Crippen LogP contribution in [-0.2, 0) is 4.79 Å². The summed E-state index contributed by atoms with van der Waals surface area (Å²) in [4.78, 5) is 10.4. The Morgan fingerprint density at radius 3 is 2.83 bits per heavy atom. The highest BCUT2D eigenvalue weighted by atomic mass is 127. The average Bonchev–Trinajstić information content (AvgIpc) is 2.34. The van der Waals surface area contributed by atoms with Crippen LogP contribution in [0.5, 0.6) is 5.75 Å². The van der Waals surface area contributed by atoms with Gasteiger partial charge in [0.05, 0.1) is 7.11 Å². The van der Waals surface area contributed by atoms with Crippen LogP contribution in [0.4, 0.5) is 0 Å². The second-order valence-electron chi connectivity index (χ2n) is 4.13. The smallest absolute Gasteiger partial charge is 0.303 e. The van der Waals surface area contributed by atoms with Crippen LogP contribution in [0.15, 0.2) is 18.2 Å². The first-order valence-electron chi connectivity index (χ1n) is 5.85. The third kappa shape index (κ3) is 4.81. The van der Waals surface area contributed by atoms with Crippen LogP contribution in [-0.4, -0.2) is 18.2 Å². The van der Waals surface area contributed by atoms with Crippen molar-refractivity contribution in [3.05, 3.63) is 27.3 Å². The summed E-state index contributed by atoms with van der Waals surface area (Å²) >= 11 is 2.24. The Morgan fingerprint density at radius 2 is 2.22 bits per heavy atom. The molecule has 1 aromatic carbocycles. The molecule has 18 heavy (non-hydrogen) atoms. The summed E-state index contributed by atoms with van der Waals surface area (Å²) in [6.07, 6.45) is 2.44. The van der Waals surface area contributed by atoms with Gasteiger partial charge in [0.25, 0.3) is 0 Å². The molecule has 0 saturated heterocycles. The van der Waals surface area contributed by atoms with Crippen LogP contribution in [0.3, 0.4) is 0 Å². The zero-order valence-corrected chi connectivity index (χ0v) is 12.5. The van der Waals surface area contributed by atoms with Gasteiger partial charge in [-0.15, -0.1) is 0 Å². The van der Waals surface area contributed by atoms with E-state index in [2.05, 4.69) is 22.6 Å². The number of aliphatic carboxylic acids is 1. The van der Waals surface area contributed by atoms with Gasteiger partial charge >= 0.3 is 5.97 Å². The van der Waals surface area contributed by atoms with Crippen LogP contribution in [0, 0.1) is 3.57 Å². The molecule has 0 bridgehead atoms. The highest BCUT2D eigenvalue weighted by molar-refractivity contribution is 14.1. The molecule has 1 aromatic rings. The Kier molecular flexibility index (Phi) is 6.42. The second kappa shape index (κ2) is 7.58. The molecule has 4 nitrogen and oxygen atoms in total. The number of nitrogens with two attached hydrogens (primary N) is 1. The molecular weight excluding hydrogens is 345 g/mol. The number of ether oxygens (including phenoxy) is 1. The molecule has 0 aromatic heterocycles. The Hall–Kier alpha value is -0.820. The SMILES string of the molecule is COc1ccc(I)cc1C(N)CCCCC(=O)O. The monoisotopic (exact) mass is 363 g/mol. The lowest BCUT2D eigenvalue weighted by Crippen LogP contribution is -2.12. The van der Waals surface area contributed by atoms with Crippen molar-refractivity contribution < 1.29 is 14.6 Å². The number of halogens is 1. The van der Waals surface area contributed by atoms with Crippen LogP contribution in [0.25, 0.3) is 0 Å². The molecule has 0 aliphatic rings. The Labute approximate surface area is 121 Å². The lowest BCUT2D eigenvalue weighted by atomic mass is 10.0. The number of carbonyl (C=O) groups is 1. The largest absolute Gasteiger partial charge is 0.496 e. The summed E-state index contributed by atoms with van der Waals surface area (Å²) in [7, 11) is 1.63. The minimum atomic E-state index is -0.754. The van der Waals surface area contributed by atoms with Crippen LogP contribution < -0.4 is 10.5 Å². The molecular formula is C13H18INO3. The van der Waals surface area contributed by atoms with Gasteiger partial charge in [-0.1, -0.05) is 6.42 Å². The molecule has 1 rings (SSSR count). The van der Waals surface area contributed by atoms with Gasteiger partial charge in [-0.2, -0.15) is 0 Å². The third-order valence-electron chi connectivity index (χ3n) is 2.75. The molecule has 0 fully saturated rings. The van der Waals surface area contributed by atoms with E-state index in [0.29, 0.717) is 6.42 Å². The normalized spacial score (nSPS) is 12.2. The fourth-order valence-electron chi connectivity index (χ4n) is 1.79. The topological polar surface area (TPSA) is 72.5 Å². The predicted octanol–water partition coefficient (Wildman–Crippen LogP) is 2.94. The number of methoxy groups -OCH3 is 1. The van der Waals surface area contributed by atoms with E-state index in [1.54, 1.807) is 7.11 Å². The quantitative estimate of drug-likeness (QED) is 0.577. The first kappa shape index (κ1) is 15.2. The Morgan fingerprint density at radius 1 is 1.50 bits per heavy atom. The summed E-state index contributed by atoms with van der Waals surface area (Å²) in [5.41, 5.74) is 7.11. The van der Waals surface area contributed by atoms with Gasteiger partial charge in [0.15, 0.2) is 0 Å². The third-order valence-corrected chi connectivity index (χ3v) is 3.42. The van der Waals surface area contributed by atoms with Crippen LogP contribution in [0.1, 0.15) is 37.3 Å². The maximum Gasteiger partial charge on any atom is 0.303 e. The van der Waals surface area contributed by atoms with E-state index in [1.165, 1.54) is 0 Å². The van der Waals surface area contributed by atoms with Gasteiger partial charge in [-0.05, 0) is 53.6 Å². The van der Waals surface area contributed by atoms with Crippen LogP contribution in [0.2, 0.25) is 0 Å². The van der Waals surface area contributed by atoms with E-state index < -0.39 is 5.97 Å². The molecule has 0 spiro atoms. The van der Waals surface area contributed by atoms with Crippen molar-refractivity contribution in [2.24, 2.45) is 5.73 Å². The summed E-state index contributed by atoms with van der Waals surface area (Å²) in [6, 6.07) is 5.79. The van der Waals surface area contributed by atoms with Crippen molar-refractivity contribution in [3.8, 4) is 5.75 Å². The summed E-state index contributed by atoms with van der Waals surface area (Å²) in [5.74, 6) is 0.0385. The maximum absolute atomic E-state index is 10.4. The van der Waals surface area contributed by atoms with Gasteiger partial charge < -0.3 is 15.6 Å². The zero-order chi connectivity index (χ0) is 13.5. The van der Waals surface area contributed by atoms with Crippen molar-refractivity contribution in [1.82, 2.24) is 0 Å². The standard InChI is InChI=1S/C13H18INO3/c1-18-12-7-6-9(14)8-10(12)11(15)4-2-3-5-13(16)17/h6-8,11H,2-5,15H2,1H3,(H,16,17). The highest BCUT2D eigenvalue weighted by Gasteiger charge is 2.12. The Bertz CT molecular complexity index is 409. The van der Waals surface area contributed by atoms with E-state index in [9.17, 15) is 4.79 Å². The van der Waals surface area contributed by atoms with E-state index >= 15 is 0 Å². The fourth-order valence-corrected chi connectivity index (χ4v) is 2.31. The number of hydrogen-bond donors (Lipinski definition) is 2. The molecule has 0 saturated carbocycles. The van der Waals surface area contributed by atoms with Gasteiger partial charge in [-0.25, -0.2) is 0 Å². The molecule has 0 amide bonds. The highest BCUT2D eigenvalue weighted by Crippen LogP contribution is 2.28. The minimum Gasteiger partial charge on any atom is -0.496 e. The van der Waals surface area contributed by atoms with Crippen molar-refractivity contribution in [3.63, 3.8) is 0 Å². The molecule has 3 N–H and O–H groups in total. The predicted molar refractivity (Wildman–Crippen MR) is 78.7 cm³/mol. The minimum absolute atomic E-state index is 0.108. The summed E-state index contributed by atoms with van der Waals surface area (Å²) < 4.78 is 6.40. The van der Waals surface area contributed by atoms with Gasteiger partial charge in [0.2, 0.25) is 0 Å². The second-order valence-corrected chi connectivity index (χ2v) is 5.38. The van der Waals surface area contributed by atoms with Crippen molar-refractivity contribution in [1.29, 1.82) is 0 Å². The molecule has 100 valence electrons. The van der Waals surface area contributed by atoms with E-state index in [-0.39, 0.29) is 12.5 Å². The Balaban J connectivity index is 2.57. The molecule has 0 aliphatic heterocycles. The molecule has 5 heteroatoms. The molecule has 0 radical (unpaired) electrons. The van der Waals surface area contributed by atoms with Crippen LogP contribution >= 0.6 is 22.6 Å². The number of carboxylic acid groups (broad SMARTS) is 1.